The van der Waals surface area contributed by atoms with Gasteiger partial charge in [-0.3, -0.25) is 9.98 Å². The molecule has 0 spiro atoms. The zero-order valence-corrected chi connectivity index (χ0v) is 30.9. The van der Waals surface area contributed by atoms with Crippen molar-refractivity contribution < 1.29 is 0 Å². The highest BCUT2D eigenvalue weighted by Gasteiger charge is 2.49. The third kappa shape index (κ3) is 4.44. The number of allylic oxidation sites excluding steroid dienone is 5. The van der Waals surface area contributed by atoms with Crippen molar-refractivity contribution in [2.24, 2.45) is 10.7 Å². The zero-order valence-electron chi connectivity index (χ0n) is 30.9. The van der Waals surface area contributed by atoms with E-state index in [0.717, 1.165) is 53.3 Å². The topological polar surface area (TPSA) is 71.5 Å². The number of aliphatic imine (C=N–C) groups is 1. The Morgan fingerprint density at radius 1 is 0.875 bits per heavy atom. The van der Waals surface area contributed by atoms with Crippen LogP contribution in [-0.2, 0) is 11.8 Å². The van der Waals surface area contributed by atoms with Gasteiger partial charge in [0, 0.05) is 53.8 Å². The fraction of sp³-hybridized carbons (Fsp3) is 0.120. The monoisotopic (exact) mass is 724 g/mol. The standard InChI is InChI=1S/C50H40N6/c1-2-34(29-51)50(35-9-7-26-52-30-35)42-12-5-3-10-38(42)39-23-24-45-47(48(39)50)40-11-4-6-13-43(40)55(45)36-19-15-32(16-20-36)33-17-21-37(22-18-33)56-44-25-28-53-31-41(44)49-46(56)14-8-27-54-49/h2-3,5-10,12-25,27-31,41,44,52H,1,4,11,26,51H2/b34-29+. The minimum Gasteiger partial charge on any atom is -0.404 e. The van der Waals surface area contributed by atoms with Gasteiger partial charge in [-0.25, -0.2) is 0 Å². The second-order valence-corrected chi connectivity index (χ2v) is 15.1. The van der Waals surface area contributed by atoms with Gasteiger partial charge in [0.25, 0.3) is 0 Å². The molecule has 2 aliphatic carbocycles. The smallest absolute Gasteiger partial charge is 0.0748 e. The second-order valence-electron chi connectivity index (χ2n) is 15.1. The van der Waals surface area contributed by atoms with E-state index in [9.17, 15) is 0 Å². The Morgan fingerprint density at radius 3 is 2.48 bits per heavy atom. The lowest BCUT2D eigenvalue weighted by Gasteiger charge is -2.36. The molecule has 0 saturated carbocycles. The first-order chi connectivity index (χ1) is 27.7. The molecule has 6 aromatic rings. The van der Waals surface area contributed by atoms with Crippen LogP contribution in [0.15, 0.2) is 175 Å². The molecule has 2 aromatic heterocycles. The number of fused-ring (bicyclic) bond motifs is 10. The van der Waals surface area contributed by atoms with Gasteiger partial charge in [-0.2, -0.15) is 0 Å². The number of nitrogens with zero attached hydrogens (tertiary/aromatic N) is 4. The molecular weight excluding hydrogens is 685 g/mol. The molecule has 6 heteroatoms. The first kappa shape index (κ1) is 32.5. The van der Waals surface area contributed by atoms with E-state index in [2.05, 4.69) is 154 Å². The van der Waals surface area contributed by atoms with E-state index in [-0.39, 0.29) is 12.0 Å². The number of benzene rings is 4. The third-order valence-corrected chi connectivity index (χ3v) is 12.4. The van der Waals surface area contributed by atoms with Gasteiger partial charge in [0.05, 0.1) is 34.3 Å². The molecule has 0 amide bonds. The quantitative estimate of drug-likeness (QED) is 0.168. The Morgan fingerprint density at radius 2 is 1.70 bits per heavy atom. The number of aromatic nitrogens is 2. The Hall–Kier alpha value is -6.92. The fourth-order valence-electron chi connectivity index (χ4n) is 10.1. The highest BCUT2D eigenvalue weighted by molar-refractivity contribution is 6.04. The first-order valence-corrected chi connectivity index (χ1v) is 19.5. The predicted octanol–water partition coefficient (Wildman–Crippen LogP) is 10.2. The van der Waals surface area contributed by atoms with E-state index in [0.29, 0.717) is 0 Å². The Labute approximate surface area is 326 Å². The summed E-state index contributed by atoms with van der Waals surface area (Å²) in [5, 5.41) is 4.82. The Kier molecular flexibility index (Phi) is 7.30. The van der Waals surface area contributed by atoms with Crippen LogP contribution < -0.4 is 16.0 Å². The lowest BCUT2D eigenvalue weighted by molar-refractivity contribution is 0.746. The van der Waals surface area contributed by atoms with E-state index < -0.39 is 5.41 Å². The number of dihydropyridines is 1. The normalized spacial score (nSPS) is 21.2. The second kappa shape index (κ2) is 12.6. The van der Waals surface area contributed by atoms with Crippen LogP contribution in [0.2, 0.25) is 0 Å². The fourth-order valence-corrected chi connectivity index (χ4v) is 10.1. The summed E-state index contributed by atoms with van der Waals surface area (Å²) in [7, 11) is 0. The van der Waals surface area contributed by atoms with Gasteiger partial charge in [0.2, 0.25) is 0 Å². The Balaban J connectivity index is 1.03. The van der Waals surface area contributed by atoms with Crippen molar-refractivity contribution >= 4 is 34.6 Å². The average molecular weight is 725 g/mol. The Bertz CT molecular complexity index is 2790. The number of aryl methyl sites for hydroxylation is 1. The molecule has 0 saturated heterocycles. The van der Waals surface area contributed by atoms with Gasteiger partial charge in [0.1, 0.15) is 0 Å². The summed E-state index contributed by atoms with van der Waals surface area (Å²) in [4.78, 5) is 11.6. The summed E-state index contributed by atoms with van der Waals surface area (Å²) in [6, 6.07) is 35.8. The molecule has 5 heterocycles. The van der Waals surface area contributed by atoms with Crippen LogP contribution >= 0.6 is 0 Å². The van der Waals surface area contributed by atoms with Gasteiger partial charge in [-0.05, 0) is 124 Å². The summed E-state index contributed by atoms with van der Waals surface area (Å²) in [6.07, 6.45) is 24.9. The number of rotatable bonds is 6. The molecule has 56 heavy (non-hydrogen) atoms. The van der Waals surface area contributed by atoms with E-state index in [1.807, 2.05) is 30.8 Å². The molecule has 5 aliphatic rings. The number of pyridine rings is 1. The predicted molar refractivity (Wildman–Crippen MR) is 231 cm³/mol. The van der Waals surface area contributed by atoms with Gasteiger partial charge in [-0.1, -0.05) is 85.5 Å². The molecule has 270 valence electrons. The summed E-state index contributed by atoms with van der Waals surface area (Å²) in [6.45, 7) is 5.11. The lowest BCUT2D eigenvalue weighted by atomic mass is 9.65. The van der Waals surface area contributed by atoms with Crippen LogP contribution in [0, 0.1) is 0 Å². The van der Waals surface area contributed by atoms with Crippen molar-refractivity contribution in [3.63, 3.8) is 0 Å². The molecular formula is C50H40N6. The van der Waals surface area contributed by atoms with Crippen LogP contribution in [0.25, 0.3) is 44.9 Å². The first-order valence-electron chi connectivity index (χ1n) is 19.5. The maximum atomic E-state index is 6.56. The van der Waals surface area contributed by atoms with Crippen LogP contribution in [0.1, 0.15) is 40.4 Å². The molecule has 6 nitrogen and oxygen atoms in total. The molecule has 0 radical (unpaired) electrons. The molecule has 11 rings (SSSR count). The lowest BCUT2D eigenvalue weighted by Crippen LogP contribution is -2.32. The highest BCUT2D eigenvalue weighted by atomic mass is 15.2. The summed E-state index contributed by atoms with van der Waals surface area (Å²) < 4.78 is 2.46. The summed E-state index contributed by atoms with van der Waals surface area (Å²) in [5.41, 5.74) is 23.8. The molecule has 3 N–H and O–H groups in total. The largest absolute Gasteiger partial charge is 0.404 e. The minimum absolute atomic E-state index is 0.154. The van der Waals surface area contributed by atoms with Crippen molar-refractivity contribution in [3.05, 3.63) is 198 Å². The van der Waals surface area contributed by atoms with Crippen molar-refractivity contribution in [3.8, 4) is 27.9 Å². The number of nitrogens with two attached hydrogens (primary N) is 1. The highest BCUT2D eigenvalue weighted by Crippen LogP contribution is 2.60. The summed E-state index contributed by atoms with van der Waals surface area (Å²) in [5.74, 6) is 0.154. The van der Waals surface area contributed by atoms with Gasteiger partial charge in [-0.15, -0.1) is 0 Å². The van der Waals surface area contributed by atoms with Crippen molar-refractivity contribution in [1.29, 1.82) is 0 Å². The zero-order chi connectivity index (χ0) is 37.4. The van der Waals surface area contributed by atoms with Crippen LogP contribution in [0.4, 0.5) is 11.4 Å². The molecule has 3 aliphatic heterocycles. The maximum Gasteiger partial charge on any atom is 0.0748 e. The van der Waals surface area contributed by atoms with Crippen LogP contribution in [-0.4, -0.2) is 28.4 Å². The molecule has 4 aromatic carbocycles. The van der Waals surface area contributed by atoms with Crippen LogP contribution in [0.3, 0.4) is 0 Å². The molecule has 3 atom stereocenters. The van der Waals surface area contributed by atoms with Crippen molar-refractivity contribution in [2.45, 2.75) is 30.2 Å². The minimum atomic E-state index is -0.627. The van der Waals surface area contributed by atoms with Crippen LogP contribution in [0.5, 0.6) is 0 Å². The average Bonchev–Trinajstić information content (AvgIpc) is 3.89. The maximum absolute atomic E-state index is 6.56. The van der Waals surface area contributed by atoms with Crippen molar-refractivity contribution in [1.82, 2.24) is 14.9 Å². The number of anilines is 2. The van der Waals surface area contributed by atoms with Gasteiger partial charge in [0.15, 0.2) is 0 Å². The van der Waals surface area contributed by atoms with E-state index in [1.54, 1.807) is 6.20 Å². The molecule has 3 unspecified atom stereocenters. The summed E-state index contributed by atoms with van der Waals surface area (Å²) >= 11 is 0. The van der Waals surface area contributed by atoms with Crippen molar-refractivity contribution in [2.75, 3.05) is 11.4 Å². The van der Waals surface area contributed by atoms with E-state index in [1.165, 1.54) is 55.5 Å². The molecule has 0 fully saturated rings. The number of hydrogen-bond donors (Lipinski definition) is 2. The third-order valence-electron chi connectivity index (χ3n) is 12.4. The number of hydrogen-bond acceptors (Lipinski definition) is 5. The SMILES string of the molecule is C=C/C(=C\N)C1(C2=CNCC=C2)c2ccccc2-c2ccc3c(c4c(n3-c3ccc(-c5ccc(N6c7cccnc7C7C=NC=CC76)cc5)cc3)C=CCC4)c21. The number of nitrogens with one attached hydrogen (secondary N) is 1. The molecule has 0 bridgehead atoms. The van der Waals surface area contributed by atoms with E-state index >= 15 is 0 Å². The van der Waals surface area contributed by atoms with Gasteiger partial charge < -0.3 is 20.5 Å². The van der Waals surface area contributed by atoms with Gasteiger partial charge >= 0.3 is 0 Å². The van der Waals surface area contributed by atoms with E-state index in [4.69, 9.17) is 10.7 Å².